The topological polar surface area (TPSA) is 91.3 Å². The van der Waals surface area contributed by atoms with E-state index in [0.717, 1.165) is 50.2 Å². The van der Waals surface area contributed by atoms with E-state index >= 15 is 0 Å². The maximum atomic E-state index is 12.9. The number of benzene rings is 1. The molecule has 2 aliphatic heterocycles. The Morgan fingerprint density at radius 1 is 1.24 bits per heavy atom. The first-order valence-electron chi connectivity index (χ1n) is 11.3. The summed E-state index contributed by atoms with van der Waals surface area (Å²) in [4.78, 5) is 25.4. The van der Waals surface area contributed by atoms with Gasteiger partial charge >= 0.3 is 5.97 Å². The van der Waals surface area contributed by atoms with Gasteiger partial charge in [-0.2, -0.15) is 0 Å². The van der Waals surface area contributed by atoms with Crippen molar-refractivity contribution in [1.82, 2.24) is 15.0 Å². The molecular weight excluding hydrogens is 430 g/mol. The number of halogens is 2. The van der Waals surface area contributed by atoms with Gasteiger partial charge in [0.2, 0.25) is 0 Å². The van der Waals surface area contributed by atoms with E-state index in [-0.39, 0.29) is 23.5 Å². The molecule has 1 atom stereocenters. The van der Waals surface area contributed by atoms with Crippen LogP contribution in [0.25, 0.3) is 22.4 Å². The van der Waals surface area contributed by atoms with E-state index < -0.39 is 12.4 Å². The number of pyridine rings is 1. The summed E-state index contributed by atoms with van der Waals surface area (Å²) in [6.45, 7) is 2.18. The number of anilines is 1. The minimum Gasteiger partial charge on any atom is -0.481 e. The van der Waals surface area contributed by atoms with E-state index in [1.165, 1.54) is 12.1 Å². The Morgan fingerprint density at radius 3 is 2.70 bits per heavy atom. The van der Waals surface area contributed by atoms with Crippen LogP contribution in [-0.4, -0.2) is 51.3 Å². The number of aromatic nitrogens is 3. The summed E-state index contributed by atoms with van der Waals surface area (Å²) in [6, 6.07) is 8.31. The van der Waals surface area contributed by atoms with Gasteiger partial charge in [-0.05, 0) is 55.9 Å². The highest BCUT2D eigenvalue weighted by atomic mass is 19.3. The second-order valence-corrected chi connectivity index (χ2v) is 9.05. The lowest BCUT2D eigenvalue weighted by Gasteiger charge is -2.45. The largest absolute Gasteiger partial charge is 0.481 e. The molecule has 2 aliphatic rings. The Kier molecular flexibility index (Phi) is 5.74. The average Bonchev–Trinajstić information content (AvgIpc) is 3.25. The fourth-order valence-corrected chi connectivity index (χ4v) is 4.88. The summed E-state index contributed by atoms with van der Waals surface area (Å²) < 4.78 is 32.1. The molecule has 174 valence electrons. The summed E-state index contributed by atoms with van der Waals surface area (Å²) in [5.41, 5.74) is 1.83. The molecule has 9 heteroatoms. The summed E-state index contributed by atoms with van der Waals surface area (Å²) in [6.07, 6.45) is 3.00. The number of aliphatic carboxylic acids is 1. The van der Waals surface area contributed by atoms with Crippen LogP contribution >= 0.6 is 0 Å². The molecule has 33 heavy (non-hydrogen) atoms. The molecule has 0 bridgehead atoms. The lowest BCUT2D eigenvalue weighted by atomic mass is 9.81. The van der Waals surface area contributed by atoms with Crippen molar-refractivity contribution in [3.63, 3.8) is 0 Å². The third-order valence-electron chi connectivity index (χ3n) is 6.87. The van der Waals surface area contributed by atoms with E-state index in [0.29, 0.717) is 23.5 Å². The zero-order valence-electron chi connectivity index (χ0n) is 18.1. The number of imidazole rings is 1. The third kappa shape index (κ3) is 4.55. The fraction of sp³-hybridized carbons (Fsp3) is 0.458. The van der Waals surface area contributed by atoms with Crippen molar-refractivity contribution in [3.05, 3.63) is 42.1 Å². The Hall–Kier alpha value is -3.07. The molecule has 3 aromatic rings. The molecule has 4 heterocycles. The number of nitrogens with one attached hydrogen (secondary N) is 1. The second-order valence-electron chi connectivity index (χ2n) is 9.05. The number of H-pyrrole nitrogens is 1. The number of rotatable bonds is 5. The smallest absolute Gasteiger partial charge is 0.303 e. The number of ether oxygens (including phenoxy) is 1. The van der Waals surface area contributed by atoms with Gasteiger partial charge in [0.15, 0.2) is 0 Å². The number of hydrogen-bond donors (Lipinski definition) is 2. The van der Waals surface area contributed by atoms with Gasteiger partial charge in [0.1, 0.15) is 11.6 Å². The fourth-order valence-electron chi connectivity index (χ4n) is 4.88. The number of fused-ring (bicyclic) bond motifs is 1. The van der Waals surface area contributed by atoms with Crippen molar-refractivity contribution in [3.8, 4) is 11.4 Å². The summed E-state index contributed by atoms with van der Waals surface area (Å²) in [7, 11) is 0. The second kappa shape index (κ2) is 8.70. The van der Waals surface area contributed by atoms with E-state index in [2.05, 4.69) is 19.9 Å². The first-order chi connectivity index (χ1) is 15.9. The molecule has 1 unspecified atom stereocenters. The molecule has 0 amide bonds. The zero-order chi connectivity index (χ0) is 23.0. The van der Waals surface area contributed by atoms with Crippen molar-refractivity contribution in [2.24, 2.45) is 5.92 Å². The Labute approximate surface area is 189 Å². The van der Waals surface area contributed by atoms with Crippen LogP contribution in [0.1, 0.15) is 44.1 Å². The van der Waals surface area contributed by atoms with E-state index in [9.17, 15) is 13.6 Å². The van der Waals surface area contributed by atoms with Gasteiger partial charge in [-0.15, -0.1) is 0 Å². The van der Waals surface area contributed by atoms with Gasteiger partial charge in [0, 0.05) is 30.4 Å². The number of nitrogens with zero attached hydrogens (tertiary/aromatic N) is 3. The maximum absolute atomic E-state index is 12.9. The normalized spacial score (nSPS) is 20.6. The molecule has 2 N–H and O–H groups in total. The number of alkyl halides is 2. The van der Waals surface area contributed by atoms with E-state index in [1.54, 1.807) is 12.3 Å². The Morgan fingerprint density at radius 2 is 2.06 bits per heavy atom. The summed E-state index contributed by atoms with van der Waals surface area (Å²) in [5.74, 6) is 0.828. The predicted molar refractivity (Wildman–Crippen MR) is 119 cm³/mol. The molecule has 0 radical (unpaired) electrons. The Bertz CT molecular complexity index is 1130. The van der Waals surface area contributed by atoms with Gasteiger partial charge in [-0.3, -0.25) is 4.79 Å². The number of piperidine rings is 1. The van der Waals surface area contributed by atoms with Crippen LogP contribution in [0.3, 0.4) is 0 Å². The highest BCUT2D eigenvalue weighted by molar-refractivity contribution is 5.80. The van der Waals surface area contributed by atoms with Gasteiger partial charge in [0.05, 0.1) is 29.7 Å². The van der Waals surface area contributed by atoms with Crippen LogP contribution in [0.15, 0.2) is 36.5 Å². The molecule has 1 aromatic carbocycles. The van der Waals surface area contributed by atoms with Crippen LogP contribution in [0.4, 0.5) is 14.6 Å². The van der Waals surface area contributed by atoms with Crippen LogP contribution < -0.4 is 4.90 Å². The molecule has 2 fully saturated rings. The van der Waals surface area contributed by atoms with E-state index in [1.807, 2.05) is 12.1 Å². The standard InChI is InChI=1S/C24H26F2N4O3/c25-22(26)16-1-3-18-19(12-16)29-23(28-18)17-2-4-20(27-13-17)30-9-7-24(8-10-30)6-5-15(14-33-24)11-21(31)32/h1-4,12-13,15,22H,5-11,14H2,(H,28,29)(H,31,32). The zero-order valence-corrected chi connectivity index (χ0v) is 18.1. The van der Waals surface area contributed by atoms with Crippen LogP contribution in [0.2, 0.25) is 0 Å². The predicted octanol–water partition coefficient (Wildman–Crippen LogP) is 4.80. The summed E-state index contributed by atoms with van der Waals surface area (Å²) >= 11 is 0. The van der Waals surface area contributed by atoms with E-state index in [4.69, 9.17) is 9.84 Å². The maximum Gasteiger partial charge on any atom is 0.303 e. The van der Waals surface area contributed by atoms with Gasteiger partial charge in [-0.25, -0.2) is 18.7 Å². The van der Waals surface area contributed by atoms with Crippen molar-refractivity contribution in [2.45, 2.75) is 44.1 Å². The lowest BCUT2D eigenvalue weighted by molar-refractivity contribution is -0.145. The quantitative estimate of drug-likeness (QED) is 0.573. The van der Waals surface area contributed by atoms with Crippen molar-refractivity contribution < 1.29 is 23.4 Å². The van der Waals surface area contributed by atoms with Crippen molar-refractivity contribution in [1.29, 1.82) is 0 Å². The number of carboxylic acids is 1. The molecule has 5 rings (SSSR count). The van der Waals surface area contributed by atoms with Crippen LogP contribution in [-0.2, 0) is 9.53 Å². The molecule has 0 aliphatic carbocycles. The number of hydrogen-bond acceptors (Lipinski definition) is 5. The highest BCUT2D eigenvalue weighted by Gasteiger charge is 2.39. The van der Waals surface area contributed by atoms with Gasteiger partial charge in [-0.1, -0.05) is 6.07 Å². The molecule has 0 saturated carbocycles. The molecule has 2 aromatic heterocycles. The SMILES string of the molecule is O=C(O)CC1CCC2(CCN(c3ccc(-c4nc5ccc(C(F)F)cc5[nH]4)cn3)CC2)OC1. The van der Waals surface area contributed by atoms with Gasteiger partial charge < -0.3 is 19.7 Å². The van der Waals surface area contributed by atoms with Crippen LogP contribution in [0, 0.1) is 5.92 Å². The molecule has 2 saturated heterocycles. The molecular formula is C24H26F2N4O3. The highest BCUT2D eigenvalue weighted by Crippen LogP contribution is 2.38. The minimum absolute atomic E-state index is 0.0339. The van der Waals surface area contributed by atoms with Crippen molar-refractivity contribution in [2.75, 3.05) is 24.6 Å². The average molecular weight is 456 g/mol. The van der Waals surface area contributed by atoms with Crippen LogP contribution in [0.5, 0.6) is 0 Å². The summed E-state index contributed by atoms with van der Waals surface area (Å²) in [5, 5.41) is 8.99. The first kappa shape index (κ1) is 21.8. The first-order valence-corrected chi connectivity index (χ1v) is 11.3. The third-order valence-corrected chi connectivity index (χ3v) is 6.87. The molecule has 1 spiro atoms. The number of carboxylic acid groups (broad SMARTS) is 1. The van der Waals surface area contributed by atoms with Crippen molar-refractivity contribution >= 4 is 22.8 Å². The Balaban J connectivity index is 1.22. The lowest BCUT2D eigenvalue weighted by Crippen LogP contribution is -2.49. The number of carbonyl (C=O) groups is 1. The number of aromatic amines is 1. The molecule has 7 nitrogen and oxygen atoms in total. The van der Waals surface area contributed by atoms with Gasteiger partial charge in [0.25, 0.3) is 6.43 Å². The monoisotopic (exact) mass is 456 g/mol. The minimum atomic E-state index is -2.52.